The number of nitrogens with zero attached hydrogens (tertiary/aromatic N) is 2. The molecule has 0 aliphatic rings. The van der Waals surface area contributed by atoms with Gasteiger partial charge in [0.05, 0.1) is 29.7 Å². The van der Waals surface area contributed by atoms with Crippen LogP contribution in [-0.2, 0) is 6.54 Å². The largest absolute Gasteiger partial charge is 0.356 e. The molecular formula is C21H23FN4S. The zero-order valence-corrected chi connectivity index (χ0v) is 16.5. The van der Waals surface area contributed by atoms with Crippen molar-refractivity contribution in [1.29, 1.82) is 0 Å². The maximum atomic E-state index is 13.1. The first kappa shape index (κ1) is 19.0. The van der Waals surface area contributed by atoms with Crippen molar-refractivity contribution < 1.29 is 4.39 Å². The highest BCUT2D eigenvalue weighted by Crippen LogP contribution is 2.21. The van der Waals surface area contributed by atoms with Crippen LogP contribution < -0.4 is 10.6 Å². The molecule has 140 valence electrons. The molecule has 4 nitrogen and oxygen atoms in total. The SMILES string of the molecule is Cc1nn(Cc2ccc(F)cc2)c(C)c1NC(=S)NC(C)c1ccccc1. The van der Waals surface area contributed by atoms with Crippen molar-refractivity contribution in [2.75, 3.05) is 5.32 Å². The molecule has 0 spiro atoms. The van der Waals surface area contributed by atoms with Gasteiger partial charge in [0.2, 0.25) is 0 Å². The molecule has 6 heteroatoms. The van der Waals surface area contributed by atoms with E-state index in [1.54, 1.807) is 12.1 Å². The number of benzene rings is 2. The molecule has 1 heterocycles. The van der Waals surface area contributed by atoms with Gasteiger partial charge < -0.3 is 10.6 Å². The summed E-state index contributed by atoms with van der Waals surface area (Å²) in [5.41, 5.74) is 4.91. The molecule has 1 aromatic heterocycles. The summed E-state index contributed by atoms with van der Waals surface area (Å²) in [6.07, 6.45) is 0. The van der Waals surface area contributed by atoms with Crippen molar-refractivity contribution in [3.63, 3.8) is 0 Å². The fourth-order valence-electron chi connectivity index (χ4n) is 2.97. The maximum absolute atomic E-state index is 13.1. The number of aryl methyl sites for hydroxylation is 1. The van der Waals surface area contributed by atoms with Crippen molar-refractivity contribution in [2.24, 2.45) is 0 Å². The summed E-state index contributed by atoms with van der Waals surface area (Å²) < 4.78 is 15.0. The molecule has 2 aromatic carbocycles. The molecular weight excluding hydrogens is 359 g/mol. The lowest BCUT2D eigenvalue weighted by molar-refractivity contribution is 0.622. The van der Waals surface area contributed by atoms with Gasteiger partial charge in [-0.2, -0.15) is 5.10 Å². The van der Waals surface area contributed by atoms with E-state index in [4.69, 9.17) is 12.2 Å². The summed E-state index contributed by atoms with van der Waals surface area (Å²) in [4.78, 5) is 0. The predicted molar refractivity (Wildman–Crippen MR) is 111 cm³/mol. The molecule has 0 radical (unpaired) electrons. The van der Waals surface area contributed by atoms with Gasteiger partial charge in [-0.3, -0.25) is 4.68 Å². The van der Waals surface area contributed by atoms with E-state index in [0.717, 1.165) is 22.6 Å². The number of anilines is 1. The third-order valence-electron chi connectivity index (χ3n) is 4.51. The Labute approximate surface area is 164 Å². The second kappa shape index (κ2) is 8.31. The number of aromatic nitrogens is 2. The standard InChI is InChI=1S/C21H23FN4S/c1-14(18-7-5-4-6-8-18)23-21(27)24-20-15(2)25-26(16(20)3)13-17-9-11-19(22)12-10-17/h4-12,14H,13H2,1-3H3,(H2,23,24,27). The van der Waals surface area contributed by atoms with E-state index in [0.29, 0.717) is 11.7 Å². The van der Waals surface area contributed by atoms with Crippen molar-refractivity contribution in [1.82, 2.24) is 15.1 Å². The van der Waals surface area contributed by atoms with Crippen LogP contribution in [0.3, 0.4) is 0 Å². The van der Waals surface area contributed by atoms with Crippen molar-refractivity contribution in [3.05, 3.63) is 82.9 Å². The fraction of sp³-hybridized carbons (Fsp3) is 0.238. The van der Waals surface area contributed by atoms with Crippen molar-refractivity contribution >= 4 is 23.0 Å². The molecule has 0 saturated carbocycles. The summed E-state index contributed by atoms with van der Waals surface area (Å²) in [6, 6.07) is 16.7. The Morgan fingerprint density at radius 1 is 1.11 bits per heavy atom. The van der Waals surface area contributed by atoms with E-state index < -0.39 is 0 Å². The summed E-state index contributed by atoms with van der Waals surface area (Å²) in [5.74, 6) is -0.238. The molecule has 27 heavy (non-hydrogen) atoms. The molecule has 0 saturated heterocycles. The normalized spacial score (nSPS) is 11.9. The first-order valence-corrected chi connectivity index (χ1v) is 9.26. The Bertz CT molecular complexity index is 919. The first-order valence-electron chi connectivity index (χ1n) is 8.85. The average molecular weight is 383 g/mol. The predicted octanol–water partition coefficient (Wildman–Crippen LogP) is 4.73. The van der Waals surface area contributed by atoms with Crippen LogP contribution in [0.2, 0.25) is 0 Å². The van der Waals surface area contributed by atoms with Crippen LogP contribution in [-0.4, -0.2) is 14.9 Å². The maximum Gasteiger partial charge on any atom is 0.171 e. The quantitative estimate of drug-likeness (QED) is 0.626. The Morgan fingerprint density at radius 2 is 1.78 bits per heavy atom. The van der Waals surface area contributed by atoms with Crippen LogP contribution in [0, 0.1) is 19.7 Å². The molecule has 0 bridgehead atoms. The van der Waals surface area contributed by atoms with E-state index in [1.165, 1.54) is 17.7 Å². The molecule has 0 aliphatic carbocycles. The van der Waals surface area contributed by atoms with Crippen LogP contribution in [0.5, 0.6) is 0 Å². The topological polar surface area (TPSA) is 41.9 Å². The monoisotopic (exact) mass is 382 g/mol. The van der Waals surface area contributed by atoms with E-state index >= 15 is 0 Å². The van der Waals surface area contributed by atoms with Gasteiger partial charge in [-0.1, -0.05) is 42.5 Å². The second-order valence-corrected chi connectivity index (χ2v) is 6.97. The van der Waals surface area contributed by atoms with Gasteiger partial charge in [-0.15, -0.1) is 0 Å². The van der Waals surface area contributed by atoms with Crippen molar-refractivity contribution in [2.45, 2.75) is 33.4 Å². The minimum atomic E-state index is -0.238. The van der Waals surface area contributed by atoms with E-state index in [9.17, 15) is 4.39 Å². The Kier molecular flexibility index (Phi) is 5.86. The average Bonchev–Trinajstić information content (AvgIpc) is 2.91. The molecule has 1 atom stereocenters. The number of rotatable bonds is 5. The van der Waals surface area contributed by atoms with Crippen LogP contribution in [0.1, 0.15) is 35.5 Å². The third-order valence-corrected chi connectivity index (χ3v) is 4.73. The first-order chi connectivity index (χ1) is 12.9. The van der Waals surface area contributed by atoms with E-state index in [-0.39, 0.29) is 11.9 Å². The minimum absolute atomic E-state index is 0.0982. The highest BCUT2D eigenvalue weighted by molar-refractivity contribution is 7.80. The zero-order chi connectivity index (χ0) is 19.4. The fourth-order valence-corrected chi connectivity index (χ4v) is 3.24. The molecule has 3 aromatic rings. The third kappa shape index (κ3) is 4.71. The van der Waals surface area contributed by atoms with E-state index in [1.807, 2.05) is 36.7 Å². The van der Waals surface area contributed by atoms with Crippen LogP contribution in [0.15, 0.2) is 54.6 Å². The van der Waals surface area contributed by atoms with Gasteiger partial charge >= 0.3 is 0 Å². The second-order valence-electron chi connectivity index (χ2n) is 6.56. The summed E-state index contributed by atoms with van der Waals surface area (Å²) >= 11 is 5.48. The van der Waals surface area contributed by atoms with Gasteiger partial charge in [0.1, 0.15) is 5.82 Å². The highest BCUT2D eigenvalue weighted by atomic mass is 32.1. The summed E-state index contributed by atoms with van der Waals surface area (Å²) in [6.45, 7) is 6.59. The van der Waals surface area contributed by atoms with E-state index in [2.05, 4.69) is 34.8 Å². The lowest BCUT2D eigenvalue weighted by atomic mass is 10.1. The van der Waals surface area contributed by atoms with Gasteiger partial charge in [0, 0.05) is 0 Å². The lowest BCUT2D eigenvalue weighted by Gasteiger charge is -2.17. The van der Waals surface area contributed by atoms with Crippen LogP contribution in [0.25, 0.3) is 0 Å². The van der Waals surface area contributed by atoms with Gasteiger partial charge in [0.15, 0.2) is 5.11 Å². The highest BCUT2D eigenvalue weighted by Gasteiger charge is 2.14. The van der Waals surface area contributed by atoms with Gasteiger partial charge in [-0.25, -0.2) is 4.39 Å². The number of thiocarbonyl (C=S) groups is 1. The molecule has 1 unspecified atom stereocenters. The van der Waals surface area contributed by atoms with Gasteiger partial charge in [0.25, 0.3) is 0 Å². The van der Waals surface area contributed by atoms with Crippen LogP contribution >= 0.6 is 12.2 Å². The molecule has 0 fully saturated rings. The number of nitrogens with one attached hydrogen (secondary N) is 2. The summed E-state index contributed by atoms with van der Waals surface area (Å²) in [5, 5.41) is 11.7. The smallest absolute Gasteiger partial charge is 0.171 e. The summed E-state index contributed by atoms with van der Waals surface area (Å²) in [7, 11) is 0. The molecule has 0 aliphatic heterocycles. The van der Waals surface area contributed by atoms with Crippen molar-refractivity contribution in [3.8, 4) is 0 Å². The Morgan fingerprint density at radius 3 is 2.44 bits per heavy atom. The number of halogens is 1. The molecule has 2 N–H and O–H groups in total. The Balaban J connectivity index is 1.69. The molecule has 3 rings (SSSR count). The number of hydrogen-bond donors (Lipinski definition) is 2. The minimum Gasteiger partial charge on any atom is -0.356 e. The van der Waals surface area contributed by atoms with Gasteiger partial charge in [-0.05, 0) is 56.2 Å². The van der Waals surface area contributed by atoms with Crippen LogP contribution in [0.4, 0.5) is 10.1 Å². The lowest BCUT2D eigenvalue weighted by Crippen LogP contribution is -2.31. The molecule has 0 amide bonds. The number of hydrogen-bond acceptors (Lipinski definition) is 2. The zero-order valence-electron chi connectivity index (χ0n) is 15.7. The Hall–Kier alpha value is -2.73.